The Morgan fingerprint density at radius 1 is 0.935 bits per heavy atom. The van der Waals surface area contributed by atoms with Crippen molar-refractivity contribution >= 4 is 40.5 Å². The summed E-state index contributed by atoms with van der Waals surface area (Å²) in [5, 5.41) is 3.30. The van der Waals surface area contributed by atoms with E-state index in [9.17, 15) is 9.59 Å². The Hall–Kier alpha value is -3.51. The summed E-state index contributed by atoms with van der Waals surface area (Å²) in [7, 11) is 0. The minimum Gasteiger partial charge on any atom is -0.332 e. The second-order valence-corrected chi connectivity index (χ2v) is 7.90. The molecule has 4 rings (SSSR count). The summed E-state index contributed by atoms with van der Waals surface area (Å²) in [5.41, 5.74) is 3.55. The van der Waals surface area contributed by atoms with Gasteiger partial charge in [0.05, 0.1) is 12.1 Å². The minimum absolute atomic E-state index is 0.0169. The Morgan fingerprint density at radius 3 is 2.19 bits per heavy atom. The van der Waals surface area contributed by atoms with Gasteiger partial charge in [-0.25, -0.2) is 0 Å². The van der Waals surface area contributed by atoms with Crippen molar-refractivity contribution in [2.75, 3.05) is 10.2 Å². The first-order valence-corrected chi connectivity index (χ1v) is 10.5. The van der Waals surface area contributed by atoms with Gasteiger partial charge in [0.2, 0.25) is 5.91 Å². The van der Waals surface area contributed by atoms with Crippen LogP contribution in [-0.2, 0) is 16.1 Å². The van der Waals surface area contributed by atoms with Crippen LogP contribution < -0.4 is 10.2 Å². The van der Waals surface area contributed by atoms with Gasteiger partial charge in [0, 0.05) is 12.2 Å². The molecule has 1 atom stereocenters. The van der Waals surface area contributed by atoms with Crippen LogP contribution in [0.3, 0.4) is 0 Å². The first kappa shape index (κ1) is 20.8. The maximum Gasteiger partial charge on any atom is 0.256 e. The van der Waals surface area contributed by atoms with Crippen molar-refractivity contribution in [3.63, 3.8) is 0 Å². The van der Waals surface area contributed by atoms with Crippen LogP contribution in [0.5, 0.6) is 0 Å². The zero-order valence-electron chi connectivity index (χ0n) is 17.2. The topological polar surface area (TPSA) is 52.7 Å². The molecule has 1 N–H and O–H groups in total. The van der Waals surface area contributed by atoms with Crippen LogP contribution in [0.2, 0.25) is 0 Å². The highest BCUT2D eigenvalue weighted by atomic mass is 32.1. The number of thiocarbonyl (C=S) groups is 1. The van der Waals surface area contributed by atoms with E-state index in [1.807, 2.05) is 96.8 Å². The predicted molar refractivity (Wildman–Crippen MR) is 127 cm³/mol. The molecule has 1 fully saturated rings. The molecule has 0 spiro atoms. The number of benzene rings is 3. The number of hydrogen-bond acceptors (Lipinski definition) is 3. The second-order valence-electron chi connectivity index (χ2n) is 7.54. The summed E-state index contributed by atoms with van der Waals surface area (Å²) in [6, 6.07) is 26.0. The molecule has 1 aliphatic heterocycles. The van der Waals surface area contributed by atoms with Crippen molar-refractivity contribution in [2.45, 2.75) is 25.9 Å². The molecular formula is C25H23N3O2S. The molecule has 156 valence electrons. The average molecular weight is 430 g/mol. The Kier molecular flexibility index (Phi) is 6.09. The summed E-state index contributed by atoms with van der Waals surface area (Å²) in [6.45, 7) is 2.45. The Labute approximate surface area is 187 Å². The number of nitrogens with zero attached hydrogens (tertiary/aromatic N) is 2. The lowest BCUT2D eigenvalue weighted by Crippen LogP contribution is -2.37. The zero-order valence-corrected chi connectivity index (χ0v) is 18.0. The smallest absolute Gasteiger partial charge is 0.256 e. The molecule has 5 nitrogen and oxygen atoms in total. The zero-order chi connectivity index (χ0) is 21.8. The molecule has 0 radical (unpaired) electrons. The molecule has 0 aliphatic carbocycles. The first-order valence-electron chi connectivity index (χ1n) is 10.1. The number of anilines is 2. The molecule has 31 heavy (non-hydrogen) atoms. The SMILES string of the molecule is Cc1ccc(NC(=O)CC2C(=O)N(c3ccccc3)C(=S)N2Cc2ccccc2)cc1. The number of rotatable bonds is 6. The van der Waals surface area contributed by atoms with E-state index >= 15 is 0 Å². The third kappa shape index (κ3) is 4.64. The molecule has 1 aliphatic rings. The van der Waals surface area contributed by atoms with Crippen LogP contribution in [0, 0.1) is 6.92 Å². The van der Waals surface area contributed by atoms with Gasteiger partial charge >= 0.3 is 0 Å². The van der Waals surface area contributed by atoms with Crippen LogP contribution in [0.25, 0.3) is 0 Å². The minimum atomic E-state index is -0.668. The largest absolute Gasteiger partial charge is 0.332 e. The van der Waals surface area contributed by atoms with E-state index in [0.717, 1.165) is 11.1 Å². The standard InChI is InChI=1S/C25H23N3O2S/c1-18-12-14-20(15-13-18)26-23(29)16-22-24(30)28(21-10-6-3-7-11-21)25(31)27(22)17-19-8-4-2-5-9-19/h2-15,22H,16-17H2,1H3,(H,26,29). The maximum absolute atomic E-state index is 13.4. The number of para-hydroxylation sites is 1. The van der Waals surface area contributed by atoms with Crippen LogP contribution in [0.1, 0.15) is 17.5 Å². The van der Waals surface area contributed by atoms with Gasteiger partial charge in [-0.05, 0) is 49.0 Å². The van der Waals surface area contributed by atoms with Crippen molar-refractivity contribution < 1.29 is 9.59 Å². The quantitative estimate of drug-likeness (QED) is 0.585. The summed E-state index contributed by atoms with van der Waals surface area (Å²) >= 11 is 5.69. The number of carbonyl (C=O) groups is 2. The van der Waals surface area contributed by atoms with Crippen molar-refractivity contribution in [3.05, 3.63) is 96.1 Å². The lowest BCUT2D eigenvalue weighted by molar-refractivity contribution is -0.124. The molecule has 1 heterocycles. The fraction of sp³-hybridized carbons (Fsp3) is 0.160. The number of carbonyl (C=O) groups excluding carboxylic acids is 2. The molecule has 3 aromatic carbocycles. The van der Waals surface area contributed by atoms with Crippen molar-refractivity contribution in [2.24, 2.45) is 0 Å². The molecule has 0 saturated carbocycles. The highest BCUT2D eigenvalue weighted by Gasteiger charge is 2.44. The van der Waals surface area contributed by atoms with E-state index in [1.54, 1.807) is 0 Å². The predicted octanol–water partition coefficient (Wildman–Crippen LogP) is 4.53. The molecule has 0 bridgehead atoms. The average Bonchev–Trinajstić information content (AvgIpc) is 3.00. The molecular weight excluding hydrogens is 406 g/mol. The van der Waals surface area contributed by atoms with Crippen molar-refractivity contribution in [1.82, 2.24) is 4.90 Å². The molecule has 3 aromatic rings. The van der Waals surface area contributed by atoms with Crippen LogP contribution in [0.15, 0.2) is 84.9 Å². The maximum atomic E-state index is 13.4. The van der Waals surface area contributed by atoms with Crippen molar-refractivity contribution in [3.8, 4) is 0 Å². The normalized spacial score (nSPS) is 16.0. The van der Waals surface area contributed by atoms with Crippen LogP contribution in [0.4, 0.5) is 11.4 Å². The molecule has 6 heteroatoms. The van der Waals surface area contributed by atoms with Crippen LogP contribution in [-0.4, -0.2) is 27.9 Å². The van der Waals surface area contributed by atoms with Gasteiger partial charge in [-0.15, -0.1) is 0 Å². The number of amides is 2. The van der Waals surface area contributed by atoms with Gasteiger partial charge in [-0.1, -0.05) is 66.2 Å². The summed E-state index contributed by atoms with van der Waals surface area (Å²) in [6.07, 6.45) is 0.0169. The fourth-order valence-electron chi connectivity index (χ4n) is 3.63. The lowest BCUT2D eigenvalue weighted by Gasteiger charge is -2.24. The third-order valence-corrected chi connectivity index (χ3v) is 5.66. The second kappa shape index (κ2) is 9.10. The fourth-order valence-corrected chi connectivity index (χ4v) is 4.02. The van der Waals surface area contributed by atoms with Gasteiger partial charge in [-0.2, -0.15) is 0 Å². The number of aryl methyl sites for hydroxylation is 1. The summed E-state index contributed by atoms with van der Waals surface area (Å²) in [5.74, 6) is -0.413. The number of nitrogens with one attached hydrogen (secondary N) is 1. The summed E-state index contributed by atoms with van der Waals surface area (Å²) in [4.78, 5) is 29.5. The first-order chi connectivity index (χ1) is 15.0. The van der Waals surface area contributed by atoms with Gasteiger partial charge in [-0.3, -0.25) is 14.5 Å². The number of hydrogen-bond donors (Lipinski definition) is 1. The van der Waals surface area contributed by atoms with Gasteiger partial charge in [0.25, 0.3) is 5.91 Å². The summed E-state index contributed by atoms with van der Waals surface area (Å²) < 4.78 is 0. The molecule has 1 unspecified atom stereocenters. The molecule has 1 saturated heterocycles. The third-order valence-electron chi connectivity index (χ3n) is 5.24. The van der Waals surface area contributed by atoms with Crippen molar-refractivity contribution in [1.29, 1.82) is 0 Å². The monoisotopic (exact) mass is 429 g/mol. The van der Waals surface area contributed by atoms with Gasteiger partial charge in [0.1, 0.15) is 6.04 Å². The van der Waals surface area contributed by atoms with E-state index in [2.05, 4.69) is 5.32 Å². The molecule has 0 aromatic heterocycles. The Bertz CT molecular complexity index is 1080. The highest BCUT2D eigenvalue weighted by molar-refractivity contribution is 7.80. The highest BCUT2D eigenvalue weighted by Crippen LogP contribution is 2.28. The van der Waals surface area contributed by atoms with Gasteiger partial charge in [0.15, 0.2) is 5.11 Å². The molecule has 2 amide bonds. The van der Waals surface area contributed by atoms with E-state index in [-0.39, 0.29) is 18.2 Å². The Balaban J connectivity index is 1.58. The van der Waals surface area contributed by atoms with E-state index < -0.39 is 6.04 Å². The van der Waals surface area contributed by atoms with Crippen LogP contribution >= 0.6 is 12.2 Å². The van der Waals surface area contributed by atoms with Gasteiger partial charge < -0.3 is 10.2 Å². The Morgan fingerprint density at radius 2 is 1.55 bits per heavy atom. The van der Waals surface area contributed by atoms with E-state index in [0.29, 0.717) is 23.0 Å². The van der Waals surface area contributed by atoms with E-state index in [4.69, 9.17) is 12.2 Å². The lowest BCUT2D eigenvalue weighted by atomic mass is 10.1. The van der Waals surface area contributed by atoms with E-state index in [1.165, 1.54) is 4.90 Å².